The number of amides is 2. The van der Waals surface area contributed by atoms with Crippen LogP contribution in [0.25, 0.3) is 0 Å². The first kappa shape index (κ1) is 21.4. The summed E-state index contributed by atoms with van der Waals surface area (Å²) in [5.74, 6) is -0.716. The number of methoxy groups -OCH3 is 1. The largest absolute Gasteiger partial charge is 0.497 e. The van der Waals surface area contributed by atoms with Gasteiger partial charge >= 0.3 is 5.97 Å². The molecule has 0 aromatic heterocycles. The fraction of sp³-hybridized carbons (Fsp3) is 0.250. The molecule has 0 saturated heterocycles. The van der Waals surface area contributed by atoms with Crippen LogP contribution in [0.3, 0.4) is 0 Å². The van der Waals surface area contributed by atoms with Gasteiger partial charge in [-0.05, 0) is 55.0 Å². The topological polar surface area (TPSA) is 93.7 Å². The highest BCUT2D eigenvalue weighted by molar-refractivity contribution is 9.10. The molecule has 7 nitrogen and oxygen atoms in total. The highest BCUT2D eigenvalue weighted by Gasteiger charge is 2.12. The minimum absolute atomic E-state index is 0.0333. The highest BCUT2D eigenvalue weighted by atomic mass is 79.9. The van der Waals surface area contributed by atoms with Crippen LogP contribution in [0, 0.1) is 6.92 Å². The zero-order chi connectivity index (χ0) is 20.5. The lowest BCUT2D eigenvalue weighted by atomic mass is 10.2. The average Bonchev–Trinajstić information content (AvgIpc) is 2.67. The summed E-state index contributed by atoms with van der Waals surface area (Å²) < 4.78 is 10.8. The van der Waals surface area contributed by atoms with Gasteiger partial charge in [-0.25, -0.2) is 0 Å². The van der Waals surface area contributed by atoms with E-state index in [1.807, 2.05) is 19.1 Å². The smallest absolute Gasteiger partial charge is 0.306 e. The molecule has 0 unspecified atom stereocenters. The summed E-state index contributed by atoms with van der Waals surface area (Å²) in [4.78, 5) is 35.5. The fourth-order valence-corrected chi connectivity index (χ4v) is 2.76. The Kier molecular flexibility index (Phi) is 8.01. The van der Waals surface area contributed by atoms with Crippen molar-refractivity contribution >= 4 is 45.1 Å². The zero-order valence-electron chi connectivity index (χ0n) is 15.6. The number of carbonyl (C=O) groups is 3. The van der Waals surface area contributed by atoms with Crippen molar-refractivity contribution < 1.29 is 23.9 Å². The predicted octanol–water partition coefficient (Wildman–Crippen LogP) is 3.67. The Morgan fingerprint density at radius 1 is 0.964 bits per heavy atom. The summed E-state index contributed by atoms with van der Waals surface area (Å²) >= 11 is 3.36. The van der Waals surface area contributed by atoms with E-state index in [2.05, 4.69) is 26.6 Å². The Morgan fingerprint density at radius 3 is 2.32 bits per heavy atom. The lowest BCUT2D eigenvalue weighted by Crippen LogP contribution is -2.21. The van der Waals surface area contributed by atoms with Crippen LogP contribution in [0.5, 0.6) is 5.75 Å². The third kappa shape index (κ3) is 7.03. The number of hydrogen-bond donors (Lipinski definition) is 2. The molecular weight excluding hydrogens is 428 g/mol. The molecule has 0 aliphatic carbocycles. The van der Waals surface area contributed by atoms with Crippen LogP contribution >= 0.6 is 15.9 Å². The van der Waals surface area contributed by atoms with E-state index >= 15 is 0 Å². The number of hydrogen-bond acceptors (Lipinski definition) is 5. The standard InChI is InChI=1S/C20H21BrN2O5/c1-13-11-14(21)3-8-17(13)23-18(24)9-10-20(26)28-12-19(25)22-15-4-6-16(27-2)7-5-15/h3-8,11H,9-10,12H2,1-2H3,(H,22,25)(H,23,24). The molecule has 0 spiro atoms. The summed E-state index contributed by atoms with van der Waals surface area (Å²) in [5.41, 5.74) is 2.15. The van der Waals surface area contributed by atoms with Gasteiger partial charge in [-0.15, -0.1) is 0 Å². The molecule has 2 rings (SSSR count). The SMILES string of the molecule is COc1ccc(NC(=O)COC(=O)CCC(=O)Nc2ccc(Br)cc2C)cc1. The van der Waals surface area contributed by atoms with E-state index in [0.29, 0.717) is 17.1 Å². The first-order chi connectivity index (χ1) is 13.4. The minimum Gasteiger partial charge on any atom is -0.497 e. The number of esters is 1. The van der Waals surface area contributed by atoms with Gasteiger partial charge in [0.15, 0.2) is 6.61 Å². The molecule has 0 bridgehead atoms. The van der Waals surface area contributed by atoms with Crippen LogP contribution in [-0.4, -0.2) is 31.5 Å². The lowest BCUT2D eigenvalue weighted by Gasteiger charge is -2.09. The van der Waals surface area contributed by atoms with Crippen LogP contribution < -0.4 is 15.4 Å². The number of carbonyl (C=O) groups excluding carboxylic acids is 3. The summed E-state index contributed by atoms with van der Waals surface area (Å²) in [6.07, 6.45) is -0.147. The van der Waals surface area contributed by atoms with Crippen LogP contribution in [0.4, 0.5) is 11.4 Å². The monoisotopic (exact) mass is 448 g/mol. The first-order valence-corrected chi connectivity index (χ1v) is 9.32. The van der Waals surface area contributed by atoms with Gasteiger partial charge in [-0.2, -0.15) is 0 Å². The van der Waals surface area contributed by atoms with Crippen LogP contribution in [0.2, 0.25) is 0 Å². The molecule has 0 aliphatic heterocycles. The number of rotatable bonds is 8. The second-order valence-electron chi connectivity index (χ2n) is 5.94. The van der Waals surface area contributed by atoms with Crippen molar-refractivity contribution in [1.82, 2.24) is 0 Å². The van der Waals surface area contributed by atoms with Gasteiger partial charge in [0, 0.05) is 22.3 Å². The van der Waals surface area contributed by atoms with E-state index in [1.54, 1.807) is 37.4 Å². The van der Waals surface area contributed by atoms with Crippen LogP contribution in [0.15, 0.2) is 46.9 Å². The number of anilines is 2. The van der Waals surface area contributed by atoms with E-state index in [9.17, 15) is 14.4 Å². The molecule has 2 aromatic rings. The van der Waals surface area contributed by atoms with Crippen LogP contribution in [-0.2, 0) is 19.1 Å². The molecule has 2 aromatic carbocycles. The molecule has 0 fully saturated rings. The molecule has 0 atom stereocenters. The van der Waals surface area contributed by atoms with E-state index in [1.165, 1.54) is 0 Å². The Bertz CT molecular complexity index is 852. The lowest BCUT2D eigenvalue weighted by molar-refractivity contribution is -0.147. The van der Waals surface area contributed by atoms with Gasteiger partial charge in [0.1, 0.15) is 5.75 Å². The van der Waals surface area contributed by atoms with Crippen molar-refractivity contribution in [3.05, 3.63) is 52.5 Å². The predicted molar refractivity (Wildman–Crippen MR) is 109 cm³/mol. The van der Waals surface area contributed by atoms with Gasteiger partial charge in [-0.1, -0.05) is 15.9 Å². The Morgan fingerprint density at radius 2 is 1.68 bits per heavy atom. The fourth-order valence-electron chi connectivity index (χ4n) is 2.29. The normalized spacial score (nSPS) is 10.1. The Hall–Kier alpha value is -2.87. The second kappa shape index (κ2) is 10.5. The average molecular weight is 449 g/mol. The van der Waals surface area contributed by atoms with E-state index in [0.717, 1.165) is 10.0 Å². The van der Waals surface area contributed by atoms with Crippen molar-refractivity contribution in [1.29, 1.82) is 0 Å². The summed E-state index contributed by atoms with van der Waals surface area (Å²) in [7, 11) is 1.55. The van der Waals surface area contributed by atoms with E-state index < -0.39 is 18.5 Å². The maximum atomic E-state index is 12.0. The molecule has 0 aliphatic rings. The number of nitrogens with one attached hydrogen (secondary N) is 2. The van der Waals surface area contributed by atoms with E-state index in [-0.39, 0.29) is 18.7 Å². The van der Waals surface area contributed by atoms with Gasteiger partial charge < -0.3 is 20.1 Å². The highest BCUT2D eigenvalue weighted by Crippen LogP contribution is 2.20. The second-order valence-corrected chi connectivity index (χ2v) is 6.86. The van der Waals surface area contributed by atoms with Crippen molar-refractivity contribution in [3.63, 3.8) is 0 Å². The number of ether oxygens (including phenoxy) is 2. The number of halogens is 1. The molecule has 0 heterocycles. The number of benzene rings is 2. The zero-order valence-corrected chi connectivity index (χ0v) is 17.2. The molecule has 0 radical (unpaired) electrons. The molecule has 2 amide bonds. The minimum atomic E-state index is -0.618. The van der Waals surface area contributed by atoms with Gasteiger partial charge in [0.05, 0.1) is 13.5 Å². The summed E-state index contributed by atoms with van der Waals surface area (Å²) in [5, 5.41) is 5.34. The van der Waals surface area contributed by atoms with Crippen LogP contribution in [0.1, 0.15) is 18.4 Å². The Labute approximate surface area is 171 Å². The number of aryl methyl sites for hydroxylation is 1. The third-order valence-corrected chi connectivity index (χ3v) is 4.25. The Balaban J connectivity index is 1.69. The molecule has 2 N–H and O–H groups in total. The molecule has 0 saturated carbocycles. The molecular formula is C20H21BrN2O5. The van der Waals surface area contributed by atoms with Crippen molar-refractivity contribution in [3.8, 4) is 5.75 Å². The van der Waals surface area contributed by atoms with Crippen molar-refractivity contribution in [2.75, 3.05) is 24.4 Å². The summed E-state index contributed by atoms with van der Waals surface area (Å²) in [6.45, 7) is 1.45. The summed E-state index contributed by atoms with van der Waals surface area (Å²) in [6, 6.07) is 12.2. The first-order valence-electron chi connectivity index (χ1n) is 8.53. The van der Waals surface area contributed by atoms with E-state index in [4.69, 9.17) is 9.47 Å². The maximum Gasteiger partial charge on any atom is 0.306 e. The maximum absolute atomic E-state index is 12.0. The van der Waals surface area contributed by atoms with Gasteiger partial charge in [-0.3, -0.25) is 14.4 Å². The molecule has 8 heteroatoms. The van der Waals surface area contributed by atoms with Gasteiger partial charge in [0.25, 0.3) is 5.91 Å². The van der Waals surface area contributed by atoms with Crippen molar-refractivity contribution in [2.24, 2.45) is 0 Å². The van der Waals surface area contributed by atoms with Crippen molar-refractivity contribution in [2.45, 2.75) is 19.8 Å². The quantitative estimate of drug-likeness (QED) is 0.600. The molecule has 148 valence electrons. The van der Waals surface area contributed by atoms with Gasteiger partial charge in [0.2, 0.25) is 5.91 Å². The molecule has 28 heavy (non-hydrogen) atoms. The third-order valence-electron chi connectivity index (χ3n) is 3.76.